The fraction of sp³-hybridized carbons (Fsp3) is 0.500. The van der Waals surface area contributed by atoms with E-state index in [-0.39, 0.29) is 148 Å². The molecule has 1 heterocycles. The highest BCUT2D eigenvalue weighted by molar-refractivity contribution is 6.04. The second-order valence-electron chi connectivity index (χ2n) is 19.9. The van der Waals surface area contributed by atoms with Gasteiger partial charge in [0.15, 0.2) is 11.6 Å². The SMILES string of the molecule is C=CCOCC(COCC=C)(COCC=C)COC(=O)c1ccc(C(=O)C2(CC)C/C=C/COCC(COCC=C)(COC(=O)c3ccc(C(=O)C(CC)(CC)OCC(COCC=C)(COCC=C)COCC=C)cc3)CO2)cc1. The summed E-state index contributed by atoms with van der Waals surface area (Å²) in [5.74, 6) is -1.85. The first kappa shape index (κ1) is 68.5. The van der Waals surface area contributed by atoms with Crippen molar-refractivity contribution in [2.24, 2.45) is 16.2 Å². The van der Waals surface area contributed by atoms with E-state index in [9.17, 15) is 19.2 Å². The summed E-state index contributed by atoms with van der Waals surface area (Å²) < 4.78 is 72.5. The van der Waals surface area contributed by atoms with Gasteiger partial charge in [-0.05, 0) is 43.5 Å². The number of benzene rings is 2. The van der Waals surface area contributed by atoms with Gasteiger partial charge in [0.25, 0.3) is 0 Å². The van der Waals surface area contributed by atoms with Gasteiger partial charge in [-0.1, -0.05) is 99.7 Å². The van der Waals surface area contributed by atoms with Gasteiger partial charge in [0.2, 0.25) is 0 Å². The number of rotatable bonds is 44. The molecule has 2 unspecified atom stereocenters. The average molecular weight is 1110 g/mol. The molecular weight excluding hydrogens is 1020 g/mol. The smallest absolute Gasteiger partial charge is 0.338 e. The van der Waals surface area contributed by atoms with Crippen molar-refractivity contribution in [2.45, 2.75) is 57.7 Å². The van der Waals surface area contributed by atoms with Crippen LogP contribution in [0.5, 0.6) is 0 Å². The molecule has 0 saturated carbocycles. The number of ether oxygens (including phenoxy) is 12. The van der Waals surface area contributed by atoms with Crippen molar-refractivity contribution in [3.63, 3.8) is 0 Å². The molecule has 0 aromatic heterocycles. The second kappa shape index (κ2) is 37.3. The van der Waals surface area contributed by atoms with E-state index in [4.69, 9.17) is 56.8 Å². The highest BCUT2D eigenvalue weighted by Gasteiger charge is 2.44. The lowest BCUT2D eigenvalue weighted by Crippen LogP contribution is -2.49. The number of hydrogen-bond donors (Lipinski definition) is 0. The van der Waals surface area contributed by atoms with E-state index in [1.54, 1.807) is 66.8 Å². The Morgan fingerprint density at radius 2 is 0.912 bits per heavy atom. The minimum Gasteiger partial charge on any atom is -0.461 e. The van der Waals surface area contributed by atoms with Gasteiger partial charge in [0.05, 0.1) is 146 Å². The van der Waals surface area contributed by atoms with Crippen molar-refractivity contribution in [3.05, 3.63) is 172 Å². The van der Waals surface area contributed by atoms with Gasteiger partial charge in [-0.25, -0.2) is 9.59 Å². The van der Waals surface area contributed by atoms with Crippen LogP contribution in [0.4, 0.5) is 0 Å². The fourth-order valence-electron chi connectivity index (χ4n) is 8.64. The molecule has 0 amide bonds. The molecule has 2 atom stereocenters. The normalized spacial score (nSPS) is 17.3. The van der Waals surface area contributed by atoms with E-state index in [0.717, 1.165) is 0 Å². The van der Waals surface area contributed by atoms with Crippen molar-refractivity contribution >= 4 is 23.5 Å². The van der Waals surface area contributed by atoms with Crippen molar-refractivity contribution < 1.29 is 76.0 Å². The third kappa shape index (κ3) is 21.6. The van der Waals surface area contributed by atoms with Gasteiger partial charge < -0.3 is 56.8 Å². The van der Waals surface area contributed by atoms with E-state index in [1.165, 1.54) is 24.3 Å². The Balaban J connectivity index is 1.85. The number of carbonyl (C=O) groups is 4. The summed E-state index contributed by atoms with van der Waals surface area (Å²) in [4.78, 5) is 56.6. The Labute approximate surface area is 475 Å². The topological polar surface area (TPSA) is 179 Å². The summed E-state index contributed by atoms with van der Waals surface area (Å²) in [5.41, 5.74) is -4.26. The van der Waals surface area contributed by atoms with Crippen LogP contribution in [-0.2, 0) is 56.8 Å². The van der Waals surface area contributed by atoms with Crippen LogP contribution in [0.25, 0.3) is 0 Å². The zero-order valence-electron chi connectivity index (χ0n) is 47.8. The lowest BCUT2D eigenvalue weighted by molar-refractivity contribution is -0.131. The number of carbonyl (C=O) groups excluding carboxylic acids is 4. The maximum absolute atomic E-state index is 14.7. The summed E-state index contributed by atoms with van der Waals surface area (Å²) in [6, 6.07) is 12.5. The molecule has 0 bridgehead atoms. The van der Waals surface area contributed by atoms with Gasteiger partial charge in [0, 0.05) is 17.5 Å². The van der Waals surface area contributed by atoms with E-state index in [0.29, 0.717) is 43.8 Å². The molecule has 1 aliphatic heterocycles. The van der Waals surface area contributed by atoms with Gasteiger partial charge >= 0.3 is 11.9 Å². The molecule has 0 aliphatic carbocycles. The van der Waals surface area contributed by atoms with Crippen molar-refractivity contribution in [1.82, 2.24) is 0 Å². The maximum atomic E-state index is 14.7. The number of esters is 2. The molecule has 0 radical (unpaired) electrons. The third-order valence-electron chi connectivity index (χ3n) is 13.4. The molecule has 0 fully saturated rings. The van der Waals surface area contributed by atoms with Gasteiger partial charge in [-0.2, -0.15) is 0 Å². The minimum atomic E-state index is -1.37. The Bertz CT molecular complexity index is 2210. The highest BCUT2D eigenvalue weighted by Crippen LogP contribution is 2.34. The van der Waals surface area contributed by atoms with Crippen molar-refractivity contribution in [3.8, 4) is 0 Å². The first-order chi connectivity index (χ1) is 38.7. The predicted octanol–water partition coefficient (Wildman–Crippen LogP) is 10.2. The molecule has 16 nitrogen and oxygen atoms in total. The van der Waals surface area contributed by atoms with Crippen LogP contribution in [0.1, 0.15) is 87.9 Å². The van der Waals surface area contributed by atoms with Crippen molar-refractivity contribution in [1.29, 1.82) is 0 Å². The largest absolute Gasteiger partial charge is 0.461 e. The van der Waals surface area contributed by atoms with Gasteiger partial charge in [-0.3, -0.25) is 9.59 Å². The summed E-state index contributed by atoms with van der Waals surface area (Å²) >= 11 is 0. The van der Waals surface area contributed by atoms with Gasteiger partial charge in [-0.15, -0.1) is 46.1 Å². The van der Waals surface area contributed by atoms with Crippen LogP contribution in [0.3, 0.4) is 0 Å². The molecule has 16 heteroatoms. The lowest BCUT2D eigenvalue weighted by Gasteiger charge is -2.38. The summed E-state index contributed by atoms with van der Waals surface area (Å²) in [6.07, 6.45) is 16.3. The minimum absolute atomic E-state index is 0.0230. The molecule has 3 rings (SSSR count). The molecule has 1 aliphatic rings. The molecule has 80 heavy (non-hydrogen) atoms. The van der Waals surface area contributed by atoms with Gasteiger partial charge in [0.1, 0.15) is 24.4 Å². The quantitative estimate of drug-likeness (QED) is 0.0265. The summed E-state index contributed by atoms with van der Waals surface area (Å²) in [7, 11) is 0. The van der Waals surface area contributed by atoms with Crippen LogP contribution in [-0.4, -0.2) is 167 Å². The molecule has 2 aromatic rings. The Morgan fingerprint density at radius 3 is 1.35 bits per heavy atom. The summed E-state index contributed by atoms with van der Waals surface area (Å²) in [5, 5.41) is 0. The molecule has 440 valence electrons. The summed E-state index contributed by atoms with van der Waals surface area (Å²) in [6.45, 7) is 34.8. The van der Waals surface area contributed by atoms with E-state index in [2.05, 4.69) is 46.1 Å². The first-order valence-corrected chi connectivity index (χ1v) is 27.2. The number of ketones is 2. The van der Waals surface area contributed by atoms with Crippen LogP contribution in [0.2, 0.25) is 0 Å². The van der Waals surface area contributed by atoms with E-state index in [1.807, 2.05) is 32.9 Å². The highest BCUT2D eigenvalue weighted by atomic mass is 16.6. The van der Waals surface area contributed by atoms with Crippen LogP contribution >= 0.6 is 0 Å². The standard InChI is InChI=1S/C64H88O16/c1-11-32-69-40-60(41-70-33-12-2,42-71-34-13-3)48-77-58(67)55-29-25-53(26-30-55)57(66)64(20-10)31-21-22-39-76-47-62(51-80-64,46-75-38-17-7)49-78-59(68)54-27-23-52(24-28-54)56(65)63(18-8,19-9)79-50-61(43-72-35-14-4,44-73-36-15-5)45-74-37-16-6/h11-17,21-30H,1-7,18-20,31-51H2,8-10H3/b22-21+. The first-order valence-electron chi connectivity index (χ1n) is 27.2. The molecule has 0 saturated heterocycles. The zero-order valence-corrected chi connectivity index (χ0v) is 47.8. The average Bonchev–Trinajstić information content (AvgIpc) is 3.56. The van der Waals surface area contributed by atoms with Crippen molar-refractivity contribution in [2.75, 3.05) is 132 Å². The van der Waals surface area contributed by atoms with Crippen LogP contribution in [0, 0.1) is 16.2 Å². The number of hydrogen-bond acceptors (Lipinski definition) is 16. The Hall–Kier alpha value is -5.76. The molecule has 0 spiro atoms. The van der Waals surface area contributed by atoms with Crippen LogP contribution in [0.15, 0.2) is 149 Å². The molecular formula is C64H88O16. The lowest BCUT2D eigenvalue weighted by atomic mass is 9.85. The third-order valence-corrected chi connectivity index (χ3v) is 13.4. The Morgan fingerprint density at radius 1 is 0.500 bits per heavy atom. The zero-order chi connectivity index (χ0) is 58.6. The van der Waals surface area contributed by atoms with E-state index < -0.39 is 39.4 Å². The maximum Gasteiger partial charge on any atom is 0.338 e. The predicted molar refractivity (Wildman–Crippen MR) is 309 cm³/mol. The van der Waals surface area contributed by atoms with Crippen LogP contribution < -0.4 is 0 Å². The Kier molecular flexibility index (Phi) is 31.9. The monoisotopic (exact) mass is 1110 g/mol. The molecule has 2 aromatic carbocycles. The number of Topliss-reactive ketones (excluding diaryl/α,β-unsaturated/α-hetero) is 2. The second-order valence-corrected chi connectivity index (χ2v) is 19.9. The van der Waals surface area contributed by atoms with E-state index >= 15 is 0 Å². The fourth-order valence-corrected chi connectivity index (χ4v) is 8.64. The molecule has 0 N–H and O–H groups in total.